The zero-order valence-electron chi connectivity index (χ0n) is 17.1. The van der Waals surface area contributed by atoms with Crippen LogP contribution in [-0.4, -0.2) is 34.1 Å². The fourth-order valence-corrected chi connectivity index (χ4v) is 4.11. The van der Waals surface area contributed by atoms with E-state index in [1.165, 1.54) is 29.5 Å². The molecule has 0 aliphatic carbocycles. The van der Waals surface area contributed by atoms with Gasteiger partial charge in [0.15, 0.2) is 0 Å². The fourth-order valence-electron chi connectivity index (χ4n) is 3.32. The van der Waals surface area contributed by atoms with E-state index >= 15 is 0 Å². The molecule has 1 N–H and O–H groups in total. The molecule has 1 fully saturated rings. The maximum atomic E-state index is 12.5. The first kappa shape index (κ1) is 21.2. The van der Waals surface area contributed by atoms with Crippen molar-refractivity contribution < 1.29 is 14.1 Å². The Morgan fingerprint density at radius 1 is 1.31 bits per heavy atom. The Morgan fingerprint density at radius 2 is 2.09 bits per heavy atom. The first-order valence-electron chi connectivity index (χ1n) is 9.81. The van der Waals surface area contributed by atoms with Crippen molar-refractivity contribution in [3.8, 4) is 17.4 Å². The predicted octanol–water partition coefficient (Wildman–Crippen LogP) is 4.16. The Labute approximate surface area is 186 Å². The molecule has 1 saturated heterocycles. The van der Waals surface area contributed by atoms with Crippen molar-refractivity contribution in [3.05, 3.63) is 57.3 Å². The lowest BCUT2D eigenvalue weighted by Crippen LogP contribution is -2.17. The smallest absolute Gasteiger partial charge is 0.270 e. The summed E-state index contributed by atoms with van der Waals surface area (Å²) in [6.45, 7) is 3.64. The third kappa shape index (κ3) is 4.50. The summed E-state index contributed by atoms with van der Waals surface area (Å²) in [4.78, 5) is 25.2. The Balaban J connectivity index is 1.51. The number of amides is 1. The van der Waals surface area contributed by atoms with Gasteiger partial charge in [0.2, 0.25) is 10.3 Å². The molecule has 1 aromatic carbocycles. The molecular formula is C21H18N6O4S. The maximum Gasteiger partial charge on any atom is 0.270 e. The number of aryl methyl sites for hydroxylation is 1. The highest BCUT2D eigenvalue weighted by atomic mass is 32.1. The Kier molecular flexibility index (Phi) is 5.96. The van der Waals surface area contributed by atoms with Crippen LogP contribution < -0.4 is 10.2 Å². The molecule has 1 aliphatic heterocycles. The first-order valence-corrected chi connectivity index (χ1v) is 10.6. The minimum absolute atomic E-state index is 0.0541. The number of carbonyl (C=O) groups excluding carboxylic acids is 1. The molecule has 1 amide bonds. The molecule has 2 aromatic heterocycles. The summed E-state index contributed by atoms with van der Waals surface area (Å²) in [5, 5.41) is 32.2. The highest BCUT2D eigenvalue weighted by Gasteiger charge is 2.19. The van der Waals surface area contributed by atoms with Crippen molar-refractivity contribution in [2.45, 2.75) is 19.8 Å². The molecule has 0 saturated carbocycles. The molecule has 3 heterocycles. The van der Waals surface area contributed by atoms with Crippen molar-refractivity contribution in [2.75, 3.05) is 23.3 Å². The van der Waals surface area contributed by atoms with E-state index in [0.717, 1.165) is 36.6 Å². The lowest BCUT2D eigenvalue weighted by atomic mass is 10.1. The zero-order valence-corrected chi connectivity index (χ0v) is 17.9. The quantitative estimate of drug-likeness (QED) is 0.256. The van der Waals surface area contributed by atoms with E-state index in [1.807, 2.05) is 13.0 Å². The number of nitrogens with one attached hydrogen (secondary N) is 1. The SMILES string of the molecule is Cc1ccc([N+](=O)[O-])cc1-c1ccc(/C=C(/C#N)C(=O)Nc2nnc(N3CCCC3)s2)o1. The van der Waals surface area contributed by atoms with Gasteiger partial charge in [0.25, 0.3) is 11.6 Å². The summed E-state index contributed by atoms with van der Waals surface area (Å²) in [7, 11) is 0. The minimum Gasteiger partial charge on any atom is -0.457 e. The number of anilines is 2. The van der Waals surface area contributed by atoms with E-state index < -0.39 is 10.8 Å². The van der Waals surface area contributed by atoms with Crippen LogP contribution in [0, 0.1) is 28.4 Å². The van der Waals surface area contributed by atoms with Gasteiger partial charge in [0, 0.05) is 36.9 Å². The maximum absolute atomic E-state index is 12.5. The standard InChI is InChI=1S/C21H18N6O4S/c1-13-4-5-15(27(29)30)11-17(13)18-7-6-16(31-18)10-14(12-22)19(28)23-20-24-25-21(32-20)26-8-2-3-9-26/h4-7,10-11H,2-3,8-9H2,1H3,(H,23,24,28)/b14-10-. The molecule has 0 unspecified atom stereocenters. The summed E-state index contributed by atoms with van der Waals surface area (Å²) in [5.41, 5.74) is 1.13. The number of aromatic nitrogens is 2. The van der Waals surface area contributed by atoms with E-state index in [4.69, 9.17) is 4.42 Å². The average Bonchev–Trinajstić information content (AvgIpc) is 3.53. The number of non-ortho nitro benzene ring substituents is 1. The number of nitro groups is 1. The van der Waals surface area contributed by atoms with E-state index in [0.29, 0.717) is 16.5 Å². The van der Waals surface area contributed by atoms with Gasteiger partial charge in [-0.2, -0.15) is 5.26 Å². The lowest BCUT2D eigenvalue weighted by molar-refractivity contribution is -0.384. The molecule has 32 heavy (non-hydrogen) atoms. The van der Waals surface area contributed by atoms with Crippen LogP contribution in [0.3, 0.4) is 0 Å². The fraction of sp³-hybridized carbons (Fsp3) is 0.238. The third-order valence-corrected chi connectivity index (χ3v) is 5.89. The molecule has 1 aliphatic rings. The van der Waals surface area contributed by atoms with Gasteiger partial charge in [-0.15, -0.1) is 10.2 Å². The second-order valence-electron chi connectivity index (χ2n) is 7.17. The molecule has 11 heteroatoms. The average molecular weight is 450 g/mol. The van der Waals surface area contributed by atoms with Crippen LogP contribution in [0.2, 0.25) is 0 Å². The Bertz CT molecular complexity index is 1250. The topological polar surface area (TPSA) is 138 Å². The molecule has 0 radical (unpaired) electrons. The van der Waals surface area contributed by atoms with Gasteiger partial charge in [-0.05, 0) is 37.5 Å². The number of hydrogen-bond donors (Lipinski definition) is 1. The molecule has 4 rings (SSSR count). The van der Waals surface area contributed by atoms with Crippen LogP contribution in [0.25, 0.3) is 17.4 Å². The summed E-state index contributed by atoms with van der Waals surface area (Å²) in [6.07, 6.45) is 3.51. The first-order chi connectivity index (χ1) is 15.4. The minimum atomic E-state index is -0.624. The highest BCUT2D eigenvalue weighted by Crippen LogP contribution is 2.30. The number of hydrogen-bond acceptors (Lipinski definition) is 9. The van der Waals surface area contributed by atoms with Gasteiger partial charge in [0.05, 0.1) is 4.92 Å². The van der Waals surface area contributed by atoms with E-state index in [2.05, 4.69) is 20.4 Å². The molecule has 162 valence electrons. The number of benzene rings is 1. The van der Waals surface area contributed by atoms with Crippen LogP contribution in [0.1, 0.15) is 24.2 Å². The molecular weight excluding hydrogens is 432 g/mol. The van der Waals surface area contributed by atoms with Crippen LogP contribution >= 0.6 is 11.3 Å². The highest BCUT2D eigenvalue weighted by molar-refractivity contribution is 7.19. The van der Waals surface area contributed by atoms with Gasteiger partial charge < -0.3 is 9.32 Å². The number of nitro benzene ring substituents is 1. The van der Waals surface area contributed by atoms with Crippen LogP contribution in [0.4, 0.5) is 16.0 Å². The van der Waals surface area contributed by atoms with Gasteiger partial charge >= 0.3 is 0 Å². The molecule has 0 spiro atoms. The van der Waals surface area contributed by atoms with Crippen LogP contribution in [0.5, 0.6) is 0 Å². The van der Waals surface area contributed by atoms with Gasteiger partial charge in [-0.25, -0.2) is 0 Å². The predicted molar refractivity (Wildman–Crippen MR) is 119 cm³/mol. The van der Waals surface area contributed by atoms with Crippen molar-refractivity contribution in [2.24, 2.45) is 0 Å². The number of carbonyl (C=O) groups is 1. The number of nitrogens with zero attached hydrogens (tertiary/aromatic N) is 5. The Morgan fingerprint density at radius 3 is 2.81 bits per heavy atom. The summed E-state index contributed by atoms with van der Waals surface area (Å²) < 4.78 is 5.73. The second kappa shape index (κ2) is 8.99. The zero-order chi connectivity index (χ0) is 22.7. The van der Waals surface area contributed by atoms with Crippen molar-refractivity contribution in [1.82, 2.24) is 10.2 Å². The van der Waals surface area contributed by atoms with Crippen molar-refractivity contribution >= 4 is 39.3 Å². The summed E-state index contributed by atoms with van der Waals surface area (Å²) >= 11 is 1.26. The largest absolute Gasteiger partial charge is 0.457 e. The molecule has 0 atom stereocenters. The van der Waals surface area contributed by atoms with E-state index in [9.17, 15) is 20.2 Å². The second-order valence-corrected chi connectivity index (χ2v) is 8.12. The number of nitriles is 1. The monoisotopic (exact) mass is 450 g/mol. The van der Waals surface area contributed by atoms with Crippen molar-refractivity contribution in [1.29, 1.82) is 5.26 Å². The van der Waals surface area contributed by atoms with Gasteiger partial charge in [-0.3, -0.25) is 20.2 Å². The van der Waals surface area contributed by atoms with Gasteiger partial charge in [-0.1, -0.05) is 17.4 Å². The van der Waals surface area contributed by atoms with E-state index in [1.54, 1.807) is 18.2 Å². The van der Waals surface area contributed by atoms with E-state index in [-0.39, 0.29) is 17.0 Å². The van der Waals surface area contributed by atoms with Gasteiger partial charge in [0.1, 0.15) is 23.2 Å². The normalized spacial score (nSPS) is 13.8. The number of furan rings is 1. The number of rotatable bonds is 6. The Hall–Kier alpha value is -4.04. The van der Waals surface area contributed by atoms with Crippen molar-refractivity contribution in [3.63, 3.8) is 0 Å². The summed E-state index contributed by atoms with van der Waals surface area (Å²) in [5.74, 6) is 0.0447. The molecule has 10 nitrogen and oxygen atoms in total. The third-order valence-electron chi connectivity index (χ3n) is 4.99. The lowest BCUT2D eigenvalue weighted by Gasteiger charge is -2.10. The van der Waals surface area contributed by atoms with Crippen LogP contribution in [0.15, 0.2) is 40.3 Å². The molecule has 3 aromatic rings. The summed E-state index contributed by atoms with van der Waals surface area (Å²) in [6, 6.07) is 9.57. The van der Waals surface area contributed by atoms with Crippen LogP contribution in [-0.2, 0) is 4.79 Å². The molecule has 0 bridgehead atoms.